The molecule has 0 spiro atoms. The van der Waals surface area contributed by atoms with Crippen molar-refractivity contribution in [2.75, 3.05) is 41.3 Å². The number of nitro benzene ring substituents is 1. The van der Waals surface area contributed by atoms with Gasteiger partial charge in [0.25, 0.3) is 11.6 Å². The fourth-order valence-corrected chi connectivity index (χ4v) is 4.55. The number of hydrogen-bond acceptors (Lipinski definition) is 6. The molecule has 1 aliphatic rings. The quantitative estimate of drug-likeness (QED) is 0.104. The van der Waals surface area contributed by atoms with Crippen LogP contribution in [-0.2, 0) is 0 Å². The smallest absolute Gasteiger partial charge is 0.282 e. The highest BCUT2D eigenvalue weighted by molar-refractivity contribution is 7.80. The summed E-state index contributed by atoms with van der Waals surface area (Å²) in [6, 6.07) is 10.1. The number of rotatable bonds is 5. The number of halogens is 6. The first-order valence-electron chi connectivity index (χ1n) is 11.2. The van der Waals surface area contributed by atoms with E-state index in [1.165, 1.54) is 30.3 Å². The fourth-order valence-electron chi connectivity index (χ4n) is 4.04. The zero-order valence-electron chi connectivity index (χ0n) is 19.6. The molecule has 0 atom stereocenters. The van der Waals surface area contributed by atoms with E-state index in [-0.39, 0.29) is 47.6 Å². The minimum Gasteiger partial charge on any atom is -0.367 e. The standard InChI is InChI=1S/C24H17ClF5N5O3S/c25-14-11-12(31-24(39)32-23(36)13-3-1-2-4-15(13)35(37)38)5-6-16(14)33-7-9-34(10-8-33)22-20(29)18(27)17(26)19(28)21(22)30/h1-6,11H,7-10H2,(H2,31,32,36,39). The van der Waals surface area contributed by atoms with Gasteiger partial charge in [0.05, 0.1) is 15.6 Å². The van der Waals surface area contributed by atoms with E-state index >= 15 is 0 Å². The van der Waals surface area contributed by atoms with Crippen molar-refractivity contribution in [1.82, 2.24) is 5.32 Å². The predicted octanol–water partition coefficient (Wildman–Crippen LogP) is 5.40. The lowest BCUT2D eigenvalue weighted by Crippen LogP contribution is -2.47. The highest BCUT2D eigenvalue weighted by atomic mass is 35.5. The lowest BCUT2D eigenvalue weighted by Gasteiger charge is -2.38. The number of piperazine rings is 1. The Bertz CT molecular complexity index is 1460. The van der Waals surface area contributed by atoms with Gasteiger partial charge in [0.15, 0.2) is 28.4 Å². The normalized spacial score (nSPS) is 13.3. The number of thiocarbonyl (C=S) groups is 1. The van der Waals surface area contributed by atoms with Crippen molar-refractivity contribution in [2.45, 2.75) is 0 Å². The van der Waals surface area contributed by atoms with Gasteiger partial charge in [0, 0.05) is 37.9 Å². The maximum Gasteiger partial charge on any atom is 0.282 e. The summed E-state index contributed by atoms with van der Waals surface area (Å²) in [4.78, 5) is 25.7. The molecule has 0 radical (unpaired) electrons. The van der Waals surface area contributed by atoms with Gasteiger partial charge in [-0.2, -0.15) is 0 Å². The molecule has 0 saturated carbocycles. The topological polar surface area (TPSA) is 90.8 Å². The van der Waals surface area contributed by atoms with Gasteiger partial charge in [-0.15, -0.1) is 0 Å². The summed E-state index contributed by atoms with van der Waals surface area (Å²) in [7, 11) is 0. The van der Waals surface area contributed by atoms with Gasteiger partial charge in [0.1, 0.15) is 11.3 Å². The summed E-state index contributed by atoms with van der Waals surface area (Å²) in [5, 5.41) is 16.4. The molecule has 0 unspecified atom stereocenters. The molecule has 15 heteroatoms. The van der Waals surface area contributed by atoms with Gasteiger partial charge in [-0.3, -0.25) is 20.2 Å². The number of para-hydroxylation sites is 1. The van der Waals surface area contributed by atoms with Crippen LogP contribution in [0.3, 0.4) is 0 Å². The highest BCUT2D eigenvalue weighted by Gasteiger charge is 2.31. The summed E-state index contributed by atoms with van der Waals surface area (Å²) in [5.74, 6) is -10.8. The summed E-state index contributed by atoms with van der Waals surface area (Å²) < 4.78 is 68.9. The number of carbonyl (C=O) groups is 1. The van der Waals surface area contributed by atoms with Gasteiger partial charge in [-0.05, 0) is 36.5 Å². The van der Waals surface area contributed by atoms with Gasteiger partial charge in [0.2, 0.25) is 5.82 Å². The Morgan fingerprint density at radius 2 is 1.46 bits per heavy atom. The number of carbonyl (C=O) groups excluding carboxylic acids is 1. The number of amides is 1. The Morgan fingerprint density at radius 3 is 2.05 bits per heavy atom. The van der Waals surface area contributed by atoms with Gasteiger partial charge >= 0.3 is 0 Å². The third-order valence-corrected chi connectivity index (χ3v) is 6.41. The van der Waals surface area contributed by atoms with Crippen molar-refractivity contribution < 1.29 is 31.7 Å². The van der Waals surface area contributed by atoms with Gasteiger partial charge < -0.3 is 15.1 Å². The van der Waals surface area contributed by atoms with Crippen LogP contribution in [0, 0.1) is 39.2 Å². The largest absolute Gasteiger partial charge is 0.367 e. The highest BCUT2D eigenvalue weighted by Crippen LogP contribution is 2.33. The number of anilines is 3. The molecule has 2 N–H and O–H groups in total. The Morgan fingerprint density at radius 1 is 0.897 bits per heavy atom. The van der Waals surface area contributed by atoms with Crippen LogP contribution in [-0.4, -0.2) is 42.1 Å². The van der Waals surface area contributed by atoms with Crippen molar-refractivity contribution in [2.24, 2.45) is 0 Å². The maximum atomic E-state index is 14.2. The summed E-state index contributed by atoms with van der Waals surface area (Å²) in [5.41, 5.74) is -0.616. The average Bonchev–Trinajstić information content (AvgIpc) is 2.91. The van der Waals surface area contributed by atoms with Crippen LogP contribution in [0.25, 0.3) is 0 Å². The molecule has 1 fully saturated rings. The minimum atomic E-state index is -2.21. The second kappa shape index (κ2) is 11.4. The van der Waals surface area contributed by atoms with Crippen LogP contribution in [0.2, 0.25) is 5.02 Å². The molecule has 1 heterocycles. The second-order valence-electron chi connectivity index (χ2n) is 8.24. The molecular formula is C24H17ClF5N5O3S. The number of nitro groups is 1. The van der Waals surface area contributed by atoms with Crippen molar-refractivity contribution in [3.05, 3.63) is 92.3 Å². The molecule has 0 aromatic heterocycles. The summed E-state index contributed by atoms with van der Waals surface area (Å²) >= 11 is 11.5. The first-order valence-corrected chi connectivity index (χ1v) is 11.9. The molecule has 3 aromatic carbocycles. The molecule has 1 amide bonds. The first-order chi connectivity index (χ1) is 18.5. The van der Waals surface area contributed by atoms with E-state index in [2.05, 4.69) is 10.6 Å². The van der Waals surface area contributed by atoms with Crippen LogP contribution in [0.4, 0.5) is 44.7 Å². The molecule has 8 nitrogen and oxygen atoms in total. The zero-order valence-corrected chi connectivity index (χ0v) is 21.2. The lowest BCUT2D eigenvalue weighted by molar-refractivity contribution is -0.385. The van der Waals surface area contributed by atoms with E-state index in [0.717, 1.165) is 4.90 Å². The van der Waals surface area contributed by atoms with E-state index in [4.69, 9.17) is 23.8 Å². The molecule has 1 saturated heterocycles. The Balaban J connectivity index is 1.40. The fraction of sp³-hybridized carbons (Fsp3) is 0.167. The van der Waals surface area contributed by atoms with Crippen LogP contribution in [0.15, 0.2) is 42.5 Å². The average molecular weight is 586 g/mol. The zero-order chi connectivity index (χ0) is 28.4. The predicted molar refractivity (Wildman–Crippen MR) is 139 cm³/mol. The van der Waals surface area contributed by atoms with Crippen LogP contribution in [0.1, 0.15) is 10.4 Å². The SMILES string of the molecule is O=C(NC(=S)Nc1ccc(N2CCN(c3c(F)c(F)c(F)c(F)c3F)CC2)c(Cl)c1)c1ccccc1[N+](=O)[O-]. The number of benzene rings is 3. The van der Waals surface area contributed by atoms with Crippen molar-refractivity contribution in [3.63, 3.8) is 0 Å². The number of nitrogens with zero attached hydrogens (tertiary/aromatic N) is 3. The molecule has 4 rings (SSSR count). The van der Waals surface area contributed by atoms with Crippen LogP contribution >= 0.6 is 23.8 Å². The van der Waals surface area contributed by atoms with E-state index < -0.39 is 45.6 Å². The second-order valence-corrected chi connectivity index (χ2v) is 9.06. The third kappa shape index (κ3) is 5.71. The Kier molecular flexibility index (Phi) is 8.16. The minimum absolute atomic E-state index is 0.0452. The maximum absolute atomic E-state index is 14.2. The van der Waals surface area contributed by atoms with Crippen molar-refractivity contribution in [1.29, 1.82) is 0 Å². The molecular weight excluding hydrogens is 569 g/mol. The summed E-state index contributed by atoms with van der Waals surface area (Å²) in [6.45, 7) is 0.236. The molecule has 0 bridgehead atoms. The summed E-state index contributed by atoms with van der Waals surface area (Å²) in [6.07, 6.45) is 0. The van der Waals surface area contributed by atoms with E-state index in [0.29, 0.717) is 11.4 Å². The first kappa shape index (κ1) is 28.0. The van der Waals surface area contributed by atoms with Crippen molar-refractivity contribution in [3.8, 4) is 0 Å². The van der Waals surface area contributed by atoms with Crippen LogP contribution < -0.4 is 20.4 Å². The molecule has 1 aliphatic heterocycles. The third-order valence-electron chi connectivity index (χ3n) is 5.90. The molecule has 204 valence electrons. The van der Waals surface area contributed by atoms with E-state index in [9.17, 15) is 36.9 Å². The number of hydrogen-bond donors (Lipinski definition) is 2. The lowest BCUT2D eigenvalue weighted by atomic mass is 10.1. The van der Waals surface area contributed by atoms with Crippen molar-refractivity contribution >= 4 is 57.6 Å². The Labute approximate surface area is 228 Å². The van der Waals surface area contributed by atoms with E-state index in [1.807, 2.05) is 0 Å². The van der Waals surface area contributed by atoms with Gasteiger partial charge in [-0.25, -0.2) is 22.0 Å². The van der Waals surface area contributed by atoms with Crippen LogP contribution in [0.5, 0.6) is 0 Å². The number of nitrogens with one attached hydrogen (secondary N) is 2. The molecule has 39 heavy (non-hydrogen) atoms. The molecule has 3 aromatic rings. The van der Waals surface area contributed by atoms with E-state index in [1.54, 1.807) is 17.0 Å². The Hall–Kier alpha value is -4.04. The van der Waals surface area contributed by atoms with Gasteiger partial charge in [-0.1, -0.05) is 23.7 Å². The molecule has 0 aliphatic carbocycles. The monoisotopic (exact) mass is 585 g/mol.